The molecule has 2 N–H and O–H groups in total. The zero-order chi connectivity index (χ0) is 13.0. The van der Waals surface area contributed by atoms with Crippen LogP contribution in [0.1, 0.15) is 58.3 Å². The van der Waals surface area contributed by atoms with Gasteiger partial charge in [0.2, 0.25) is 5.91 Å². The van der Waals surface area contributed by atoms with Crippen molar-refractivity contribution in [2.45, 2.75) is 64.3 Å². The largest absolute Gasteiger partial charge is 0.338 e. The molecule has 1 heterocycles. The van der Waals surface area contributed by atoms with Gasteiger partial charge in [-0.2, -0.15) is 0 Å². The van der Waals surface area contributed by atoms with Gasteiger partial charge in [0.1, 0.15) is 0 Å². The summed E-state index contributed by atoms with van der Waals surface area (Å²) < 4.78 is 0. The van der Waals surface area contributed by atoms with E-state index in [1.165, 1.54) is 32.1 Å². The molecular weight excluding hydrogens is 224 g/mol. The highest BCUT2D eigenvalue weighted by molar-refractivity contribution is 5.79. The second kappa shape index (κ2) is 6.55. The van der Waals surface area contributed by atoms with Gasteiger partial charge in [-0.05, 0) is 25.2 Å². The van der Waals surface area contributed by atoms with E-state index in [-0.39, 0.29) is 5.92 Å². The Hall–Kier alpha value is -0.570. The minimum atomic E-state index is 0.282. The van der Waals surface area contributed by atoms with Crippen LogP contribution in [0.15, 0.2) is 0 Å². The summed E-state index contributed by atoms with van der Waals surface area (Å²) in [4.78, 5) is 14.7. The molecule has 0 aromatic rings. The summed E-state index contributed by atoms with van der Waals surface area (Å²) in [5.74, 6) is 1.26. The van der Waals surface area contributed by atoms with Gasteiger partial charge < -0.3 is 10.6 Å². The average molecular weight is 252 g/mol. The van der Waals surface area contributed by atoms with Gasteiger partial charge in [-0.3, -0.25) is 4.79 Å². The summed E-state index contributed by atoms with van der Waals surface area (Å²) in [6.07, 6.45) is 9.75. The molecule has 2 atom stereocenters. The van der Waals surface area contributed by atoms with E-state index in [1.807, 2.05) is 0 Å². The Bertz CT molecular complexity index is 272. The summed E-state index contributed by atoms with van der Waals surface area (Å²) in [6, 6.07) is 0.294. The smallest absolute Gasteiger partial charge is 0.225 e. The fourth-order valence-corrected chi connectivity index (χ4v) is 3.58. The minimum absolute atomic E-state index is 0.282. The third kappa shape index (κ3) is 3.05. The van der Waals surface area contributed by atoms with Crippen molar-refractivity contribution in [1.82, 2.24) is 4.90 Å². The lowest BCUT2D eigenvalue weighted by molar-refractivity contribution is -0.137. The molecule has 1 aliphatic carbocycles. The highest BCUT2D eigenvalue weighted by atomic mass is 16.2. The Morgan fingerprint density at radius 1 is 1.11 bits per heavy atom. The lowest BCUT2D eigenvalue weighted by Crippen LogP contribution is -2.45. The number of hydrogen-bond acceptors (Lipinski definition) is 2. The minimum Gasteiger partial charge on any atom is -0.338 e. The van der Waals surface area contributed by atoms with E-state index < -0.39 is 0 Å². The van der Waals surface area contributed by atoms with Gasteiger partial charge in [0, 0.05) is 25.0 Å². The Kier molecular flexibility index (Phi) is 5.04. The monoisotopic (exact) mass is 252 g/mol. The van der Waals surface area contributed by atoms with Crippen LogP contribution in [0, 0.1) is 11.8 Å². The van der Waals surface area contributed by atoms with Crippen LogP contribution >= 0.6 is 0 Å². The van der Waals surface area contributed by atoms with Crippen molar-refractivity contribution in [1.29, 1.82) is 0 Å². The summed E-state index contributed by atoms with van der Waals surface area (Å²) in [6.45, 7) is 3.78. The van der Waals surface area contributed by atoms with Crippen LogP contribution in [0.5, 0.6) is 0 Å². The summed E-state index contributed by atoms with van der Waals surface area (Å²) in [5.41, 5.74) is 5.84. The van der Waals surface area contributed by atoms with Crippen molar-refractivity contribution < 1.29 is 4.79 Å². The zero-order valence-electron chi connectivity index (χ0n) is 11.7. The molecule has 2 unspecified atom stereocenters. The fraction of sp³-hybridized carbons (Fsp3) is 0.933. The first-order valence-electron chi connectivity index (χ1n) is 7.74. The molecular formula is C15H28N2O. The maximum Gasteiger partial charge on any atom is 0.225 e. The number of nitrogens with two attached hydrogens (primary N) is 1. The van der Waals surface area contributed by atoms with E-state index >= 15 is 0 Å². The fourth-order valence-electron chi connectivity index (χ4n) is 3.58. The van der Waals surface area contributed by atoms with Crippen molar-refractivity contribution >= 4 is 5.91 Å². The highest BCUT2D eigenvalue weighted by Crippen LogP contribution is 2.29. The molecule has 1 saturated carbocycles. The number of hydrogen-bond donors (Lipinski definition) is 1. The Morgan fingerprint density at radius 2 is 1.72 bits per heavy atom. The number of carbonyl (C=O) groups is 1. The molecule has 3 nitrogen and oxygen atoms in total. The van der Waals surface area contributed by atoms with Crippen molar-refractivity contribution in [2.75, 3.05) is 13.1 Å². The molecule has 1 amide bonds. The molecule has 2 aliphatic rings. The Balaban J connectivity index is 1.96. The molecule has 0 aromatic carbocycles. The highest BCUT2D eigenvalue weighted by Gasteiger charge is 2.36. The third-order valence-corrected chi connectivity index (χ3v) is 4.86. The van der Waals surface area contributed by atoms with Crippen molar-refractivity contribution in [3.05, 3.63) is 0 Å². The van der Waals surface area contributed by atoms with Crippen LogP contribution in [0.25, 0.3) is 0 Å². The van der Waals surface area contributed by atoms with E-state index in [1.54, 1.807) is 0 Å². The second-order valence-corrected chi connectivity index (χ2v) is 6.14. The standard InChI is InChI=1S/C15H28N2O/c1-12-9-10-17(14(12)11-16)15(18)13-7-5-3-2-4-6-8-13/h12-14H,2-11,16H2,1H3. The van der Waals surface area contributed by atoms with Crippen LogP contribution < -0.4 is 5.73 Å². The SMILES string of the molecule is CC1CCN(C(=O)C2CCCCCCC2)C1CN. The molecule has 1 saturated heterocycles. The van der Waals surface area contributed by atoms with E-state index in [0.717, 1.165) is 25.8 Å². The van der Waals surface area contributed by atoms with E-state index in [0.29, 0.717) is 24.4 Å². The lowest BCUT2D eigenvalue weighted by atomic mass is 9.90. The van der Waals surface area contributed by atoms with Gasteiger partial charge in [0.25, 0.3) is 0 Å². The first kappa shape index (κ1) is 13.9. The number of likely N-dealkylation sites (tertiary alicyclic amines) is 1. The number of rotatable bonds is 2. The first-order chi connectivity index (χ1) is 8.74. The normalized spacial score (nSPS) is 31.1. The molecule has 2 rings (SSSR count). The Labute approximate surface area is 111 Å². The van der Waals surface area contributed by atoms with Gasteiger partial charge in [-0.25, -0.2) is 0 Å². The van der Waals surface area contributed by atoms with Gasteiger partial charge >= 0.3 is 0 Å². The molecule has 104 valence electrons. The van der Waals surface area contributed by atoms with Crippen LogP contribution in [0.3, 0.4) is 0 Å². The maximum atomic E-state index is 12.7. The predicted molar refractivity (Wildman–Crippen MR) is 74.1 cm³/mol. The summed E-state index contributed by atoms with van der Waals surface area (Å²) in [5, 5.41) is 0. The maximum absolute atomic E-state index is 12.7. The molecule has 3 heteroatoms. The van der Waals surface area contributed by atoms with Crippen LogP contribution in [-0.2, 0) is 4.79 Å². The van der Waals surface area contributed by atoms with E-state index in [9.17, 15) is 4.79 Å². The molecule has 0 bridgehead atoms. The van der Waals surface area contributed by atoms with Crippen LogP contribution in [0.2, 0.25) is 0 Å². The quantitative estimate of drug-likeness (QED) is 0.821. The third-order valence-electron chi connectivity index (χ3n) is 4.86. The molecule has 0 spiro atoms. The summed E-state index contributed by atoms with van der Waals surface area (Å²) in [7, 11) is 0. The zero-order valence-corrected chi connectivity index (χ0v) is 11.7. The van der Waals surface area contributed by atoms with Gasteiger partial charge in [-0.1, -0.05) is 39.0 Å². The van der Waals surface area contributed by atoms with E-state index in [2.05, 4.69) is 11.8 Å². The summed E-state index contributed by atoms with van der Waals surface area (Å²) >= 11 is 0. The molecule has 0 radical (unpaired) electrons. The lowest BCUT2D eigenvalue weighted by Gasteiger charge is -2.30. The van der Waals surface area contributed by atoms with Crippen molar-refractivity contribution in [3.63, 3.8) is 0 Å². The van der Waals surface area contributed by atoms with Gasteiger partial charge in [0.15, 0.2) is 0 Å². The predicted octanol–water partition coefficient (Wildman–Crippen LogP) is 2.54. The molecule has 1 aliphatic heterocycles. The Morgan fingerprint density at radius 3 is 2.33 bits per heavy atom. The first-order valence-corrected chi connectivity index (χ1v) is 7.74. The van der Waals surface area contributed by atoms with Crippen molar-refractivity contribution in [2.24, 2.45) is 17.6 Å². The van der Waals surface area contributed by atoms with Crippen LogP contribution in [-0.4, -0.2) is 29.9 Å². The number of nitrogens with zero attached hydrogens (tertiary/aromatic N) is 1. The van der Waals surface area contributed by atoms with Crippen molar-refractivity contribution in [3.8, 4) is 0 Å². The molecule has 0 aromatic heterocycles. The van der Waals surface area contributed by atoms with Gasteiger partial charge in [0.05, 0.1) is 0 Å². The number of carbonyl (C=O) groups excluding carboxylic acids is 1. The second-order valence-electron chi connectivity index (χ2n) is 6.14. The average Bonchev–Trinajstić information content (AvgIpc) is 2.69. The van der Waals surface area contributed by atoms with Gasteiger partial charge in [-0.15, -0.1) is 0 Å². The molecule has 2 fully saturated rings. The topological polar surface area (TPSA) is 46.3 Å². The molecule has 18 heavy (non-hydrogen) atoms. The van der Waals surface area contributed by atoms with E-state index in [4.69, 9.17) is 5.73 Å². The number of amides is 1. The van der Waals surface area contributed by atoms with Crippen LogP contribution in [0.4, 0.5) is 0 Å².